The van der Waals surface area contributed by atoms with Crippen molar-refractivity contribution in [3.05, 3.63) is 59.1 Å². The molecule has 1 heterocycles. The molecule has 11 heteroatoms. The Morgan fingerprint density at radius 1 is 0.921 bits per heavy atom. The van der Waals surface area contributed by atoms with Gasteiger partial charge in [-0.25, -0.2) is 8.42 Å². The number of sulfone groups is 1. The van der Waals surface area contributed by atoms with Crippen molar-refractivity contribution in [3.63, 3.8) is 0 Å². The highest BCUT2D eigenvalue weighted by Gasteiger charge is 2.17. The van der Waals surface area contributed by atoms with Crippen molar-refractivity contribution < 1.29 is 32.2 Å². The fraction of sp³-hybridized carbons (Fsp3) is 0.370. The molecule has 0 aliphatic carbocycles. The Labute approximate surface area is 224 Å². The third-order valence-electron chi connectivity index (χ3n) is 6.11. The van der Waals surface area contributed by atoms with Gasteiger partial charge < -0.3 is 34.1 Å². The first-order chi connectivity index (χ1) is 18.2. The van der Waals surface area contributed by atoms with Crippen LogP contribution in [-0.4, -0.2) is 85.8 Å². The summed E-state index contributed by atoms with van der Waals surface area (Å²) in [6, 6.07) is 8.35. The van der Waals surface area contributed by atoms with E-state index in [-0.39, 0.29) is 11.7 Å². The molecule has 0 radical (unpaired) electrons. The lowest BCUT2D eigenvalue weighted by atomic mass is 10.1. The van der Waals surface area contributed by atoms with Gasteiger partial charge in [0.25, 0.3) is 0 Å². The Hall–Kier alpha value is -3.70. The van der Waals surface area contributed by atoms with Crippen molar-refractivity contribution in [2.24, 2.45) is 0 Å². The molecule has 1 aliphatic heterocycles. The van der Waals surface area contributed by atoms with E-state index in [1.54, 1.807) is 41.4 Å². The van der Waals surface area contributed by atoms with Gasteiger partial charge in [-0.3, -0.25) is 4.79 Å². The number of hydrogen-bond acceptors (Lipinski definition) is 9. The van der Waals surface area contributed by atoms with Crippen molar-refractivity contribution in [2.75, 3.05) is 67.0 Å². The smallest absolute Gasteiger partial charge is 0.248 e. The summed E-state index contributed by atoms with van der Waals surface area (Å²) in [5, 5.41) is 4.18. The second-order valence-electron chi connectivity index (χ2n) is 8.70. The van der Waals surface area contributed by atoms with Crippen molar-refractivity contribution in [1.29, 1.82) is 0 Å². The predicted molar refractivity (Wildman–Crippen MR) is 148 cm³/mol. The van der Waals surface area contributed by atoms with E-state index in [9.17, 15) is 13.2 Å². The minimum atomic E-state index is -3.66. The monoisotopic (exact) mass is 545 g/mol. The summed E-state index contributed by atoms with van der Waals surface area (Å²) in [7, 11) is 4.38. The molecule has 1 saturated heterocycles. The average molecular weight is 546 g/mol. The Balaban J connectivity index is 1.74. The van der Waals surface area contributed by atoms with Crippen LogP contribution in [0.4, 0.5) is 5.69 Å². The second-order valence-corrected chi connectivity index (χ2v) is 10.6. The zero-order valence-electron chi connectivity index (χ0n) is 22.4. The van der Waals surface area contributed by atoms with Gasteiger partial charge >= 0.3 is 0 Å². The minimum absolute atomic E-state index is 0.0853. The molecule has 0 aromatic heterocycles. The molecular weight excluding hydrogens is 510 g/mol. The lowest BCUT2D eigenvalue weighted by Gasteiger charge is -2.31. The van der Waals surface area contributed by atoms with E-state index in [4.69, 9.17) is 18.9 Å². The van der Waals surface area contributed by atoms with Gasteiger partial charge in [0.1, 0.15) is 23.0 Å². The van der Waals surface area contributed by atoms with Crippen LogP contribution in [0.5, 0.6) is 23.0 Å². The molecule has 0 spiro atoms. The molecular formula is C27H35N3O7S. The first kappa shape index (κ1) is 28.9. The SMILES string of the molecule is COc1cc(OC)c(/C=C/S(=O)(=O)Cc2ccc(OC)c(N/C=C\C(=O)N3CCN(C)CC3)c2)c(OC)c1. The lowest BCUT2D eigenvalue weighted by molar-refractivity contribution is -0.127. The number of amides is 1. The molecule has 0 bridgehead atoms. The van der Waals surface area contributed by atoms with Crippen LogP contribution >= 0.6 is 0 Å². The van der Waals surface area contributed by atoms with Crippen LogP contribution in [0, 0.1) is 0 Å². The van der Waals surface area contributed by atoms with Crippen LogP contribution in [0.2, 0.25) is 0 Å². The molecule has 38 heavy (non-hydrogen) atoms. The third-order valence-corrected chi connectivity index (χ3v) is 7.39. The third kappa shape index (κ3) is 7.65. The highest BCUT2D eigenvalue weighted by Crippen LogP contribution is 2.35. The molecule has 1 N–H and O–H groups in total. The molecule has 0 saturated carbocycles. The normalized spacial score (nSPS) is 14.6. The van der Waals surface area contributed by atoms with Gasteiger partial charge in [0.2, 0.25) is 5.91 Å². The van der Waals surface area contributed by atoms with Crippen molar-refractivity contribution >= 4 is 27.5 Å². The number of ether oxygens (including phenoxy) is 4. The number of anilines is 1. The summed E-state index contributed by atoms with van der Waals surface area (Å²) >= 11 is 0. The van der Waals surface area contributed by atoms with Gasteiger partial charge in [0, 0.05) is 56.0 Å². The molecule has 0 atom stereocenters. The Kier molecular flexibility index (Phi) is 10.0. The number of rotatable bonds is 11. The second kappa shape index (κ2) is 13.2. The van der Waals surface area contributed by atoms with E-state index in [1.807, 2.05) is 7.05 Å². The van der Waals surface area contributed by atoms with Gasteiger partial charge in [-0.2, -0.15) is 0 Å². The molecule has 10 nitrogen and oxygen atoms in total. The summed E-state index contributed by atoms with van der Waals surface area (Å²) in [4.78, 5) is 16.4. The molecule has 1 amide bonds. The largest absolute Gasteiger partial charge is 0.496 e. The van der Waals surface area contributed by atoms with Crippen LogP contribution in [0.1, 0.15) is 11.1 Å². The Morgan fingerprint density at radius 2 is 1.55 bits per heavy atom. The molecule has 1 fully saturated rings. The Bertz CT molecular complexity index is 1260. The molecule has 1 aliphatic rings. The summed E-state index contributed by atoms with van der Waals surface area (Å²) < 4.78 is 47.3. The summed E-state index contributed by atoms with van der Waals surface area (Å²) in [5.74, 6) is 1.55. The van der Waals surface area contributed by atoms with E-state index in [0.29, 0.717) is 52.9 Å². The van der Waals surface area contributed by atoms with Gasteiger partial charge in [-0.1, -0.05) is 6.07 Å². The van der Waals surface area contributed by atoms with Crippen molar-refractivity contribution in [3.8, 4) is 23.0 Å². The van der Waals surface area contributed by atoms with E-state index >= 15 is 0 Å². The van der Waals surface area contributed by atoms with Crippen LogP contribution in [0.3, 0.4) is 0 Å². The van der Waals surface area contributed by atoms with Crippen LogP contribution in [0.25, 0.3) is 6.08 Å². The number of nitrogens with one attached hydrogen (secondary N) is 1. The predicted octanol–water partition coefficient (Wildman–Crippen LogP) is 3.01. The highest BCUT2D eigenvalue weighted by atomic mass is 32.2. The summed E-state index contributed by atoms with van der Waals surface area (Å²) in [6.45, 7) is 3.03. The van der Waals surface area contributed by atoms with Gasteiger partial charge in [0.15, 0.2) is 9.84 Å². The number of hydrogen-bond donors (Lipinski definition) is 1. The Morgan fingerprint density at radius 3 is 2.13 bits per heavy atom. The summed E-state index contributed by atoms with van der Waals surface area (Å²) in [5.41, 5.74) is 1.57. The number of carbonyl (C=O) groups excluding carboxylic acids is 1. The van der Waals surface area contributed by atoms with E-state index < -0.39 is 9.84 Å². The maximum absolute atomic E-state index is 13.0. The summed E-state index contributed by atoms with van der Waals surface area (Å²) in [6.07, 6.45) is 4.45. The maximum Gasteiger partial charge on any atom is 0.248 e. The highest BCUT2D eigenvalue weighted by molar-refractivity contribution is 7.93. The lowest BCUT2D eigenvalue weighted by Crippen LogP contribution is -2.46. The molecule has 3 rings (SSSR count). The fourth-order valence-electron chi connectivity index (χ4n) is 3.94. The molecule has 206 valence electrons. The number of likely N-dealkylation sites (N-methyl/N-ethyl adjacent to an activating group) is 1. The first-order valence-corrected chi connectivity index (χ1v) is 13.7. The number of benzene rings is 2. The van der Waals surface area contributed by atoms with Crippen molar-refractivity contribution in [2.45, 2.75) is 5.75 Å². The van der Waals surface area contributed by atoms with Gasteiger partial charge in [0.05, 0.1) is 45.4 Å². The van der Waals surface area contributed by atoms with E-state index in [0.717, 1.165) is 18.5 Å². The minimum Gasteiger partial charge on any atom is -0.496 e. The van der Waals surface area contributed by atoms with Gasteiger partial charge in [-0.05, 0) is 30.8 Å². The standard InChI is InChI=1S/C27H35N3O7S/c1-29-11-13-30(14-12-29)27(31)8-10-28-23-16-20(6-7-24(23)35-3)19-38(32,33)15-9-22-25(36-4)17-21(34-2)18-26(22)37-5/h6-10,15-18,28H,11-14,19H2,1-5H3/b10-8-,15-9+. The number of nitrogens with zero attached hydrogens (tertiary/aromatic N) is 2. The van der Waals surface area contributed by atoms with E-state index in [2.05, 4.69) is 10.2 Å². The topological polar surface area (TPSA) is 107 Å². The fourth-order valence-corrected chi connectivity index (χ4v) is 5.03. The molecule has 2 aromatic rings. The van der Waals surface area contributed by atoms with Gasteiger partial charge in [-0.15, -0.1) is 0 Å². The van der Waals surface area contributed by atoms with Crippen molar-refractivity contribution in [1.82, 2.24) is 9.80 Å². The average Bonchev–Trinajstić information content (AvgIpc) is 2.91. The zero-order valence-corrected chi connectivity index (χ0v) is 23.2. The zero-order chi connectivity index (χ0) is 27.7. The quantitative estimate of drug-likeness (QED) is 0.427. The molecule has 0 unspecified atom stereocenters. The van der Waals surface area contributed by atoms with Crippen LogP contribution < -0.4 is 24.3 Å². The molecule has 2 aromatic carbocycles. The first-order valence-electron chi connectivity index (χ1n) is 12.0. The number of piperazine rings is 1. The van der Waals surface area contributed by atoms with E-state index in [1.165, 1.54) is 40.6 Å². The van der Waals surface area contributed by atoms with Crippen LogP contribution in [-0.2, 0) is 20.4 Å². The number of methoxy groups -OCH3 is 4. The maximum atomic E-state index is 13.0. The number of carbonyl (C=O) groups is 1. The van der Waals surface area contributed by atoms with Crippen LogP contribution in [0.15, 0.2) is 48.0 Å².